The molecule has 4 N–H and O–H groups in total. The number of H-pyrrole nitrogens is 1. The fourth-order valence-corrected chi connectivity index (χ4v) is 4.86. The highest BCUT2D eigenvalue weighted by molar-refractivity contribution is 6.10. The number of allylic oxidation sites excluding steroid dienone is 1. The van der Waals surface area contributed by atoms with E-state index in [0.29, 0.717) is 22.7 Å². The van der Waals surface area contributed by atoms with Crippen LogP contribution in [0.1, 0.15) is 70.4 Å². The fourth-order valence-electron chi connectivity index (χ4n) is 4.86. The van der Waals surface area contributed by atoms with E-state index in [0.717, 1.165) is 40.9 Å². The third-order valence-corrected chi connectivity index (χ3v) is 6.84. The molecule has 0 radical (unpaired) electrons. The summed E-state index contributed by atoms with van der Waals surface area (Å²) in [7, 11) is 3.90. The number of aryl methyl sites for hydroxylation is 2. The molecule has 1 saturated carbocycles. The van der Waals surface area contributed by atoms with Crippen molar-refractivity contribution in [1.82, 2.24) is 15.6 Å². The lowest BCUT2D eigenvalue weighted by molar-refractivity contribution is 0.0950. The van der Waals surface area contributed by atoms with Gasteiger partial charge in [0.1, 0.15) is 0 Å². The maximum absolute atomic E-state index is 13.4. The molecule has 0 unspecified atom stereocenters. The molecular formula is C27H37N5O2. The largest absolute Gasteiger partial charge is 0.393 e. The minimum absolute atomic E-state index is 0.154. The second-order valence-corrected chi connectivity index (χ2v) is 9.23. The number of rotatable bonds is 8. The molecule has 0 atom stereocenters. The Morgan fingerprint density at radius 2 is 1.88 bits per heavy atom. The first-order chi connectivity index (χ1) is 16.3. The average molecular weight is 464 g/mol. The molecule has 3 rings (SSSR count). The number of hydrogen-bond acceptors (Lipinski definition) is 5. The Bertz CT molecular complexity index is 1140. The van der Waals surface area contributed by atoms with Gasteiger partial charge in [-0.15, -0.1) is 0 Å². The molecule has 0 bridgehead atoms. The maximum atomic E-state index is 13.4. The SMILES string of the molecule is CN/C=C(\C=N)c1cc(C(=O)NCc2c(C)cc(C)[nH]c2=O)c(C)c(N(C)C2CCCCC2)c1. The van der Waals surface area contributed by atoms with Crippen molar-refractivity contribution < 1.29 is 4.79 Å². The van der Waals surface area contributed by atoms with E-state index in [2.05, 4.69) is 33.6 Å². The number of amides is 1. The second kappa shape index (κ2) is 11.2. The zero-order valence-corrected chi connectivity index (χ0v) is 21.0. The highest BCUT2D eigenvalue weighted by atomic mass is 16.1. The van der Waals surface area contributed by atoms with Gasteiger partial charge in [0.25, 0.3) is 11.5 Å². The Morgan fingerprint density at radius 3 is 2.50 bits per heavy atom. The monoisotopic (exact) mass is 463 g/mol. The van der Waals surface area contributed by atoms with E-state index in [9.17, 15) is 9.59 Å². The summed E-state index contributed by atoms with van der Waals surface area (Å²) in [5.74, 6) is -0.231. The summed E-state index contributed by atoms with van der Waals surface area (Å²) in [6.45, 7) is 5.85. The van der Waals surface area contributed by atoms with Crippen LogP contribution in [0, 0.1) is 26.2 Å². The number of nitrogens with one attached hydrogen (secondary N) is 4. The number of aromatic nitrogens is 1. The van der Waals surface area contributed by atoms with Crippen LogP contribution in [-0.2, 0) is 6.54 Å². The molecule has 0 aliphatic heterocycles. The molecule has 0 saturated heterocycles. The number of hydrogen-bond donors (Lipinski definition) is 4. The van der Waals surface area contributed by atoms with E-state index in [1.54, 1.807) is 13.2 Å². The molecule has 2 aromatic rings. The quantitative estimate of drug-likeness (QED) is 0.441. The van der Waals surface area contributed by atoms with Gasteiger partial charge in [-0.3, -0.25) is 9.59 Å². The molecule has 7 heteroatoms. The number of carbonyl (C=O) groups is 1. The van der Waals surface area contributed by atoms with E-state index in [1.807, 2.05) is 32.9 Å². The number of nitrogens with zero attached hydrogens (tertiary/aromatic N) is 1. The van der Waals surface area contributed by atoms with Gasteiger partial charge in [-0.1, -0.05) is 19.3 Å². The van der Waals surface area contributed by atoms with Gasteiger partial charge in [-0.25, -0.2) is 0 Å². The third-order valence-electron chi connectivity index (χ3n) is 6.84. The molecule has 1 fully saturated rings. The molecule has 0 spiro atoms. The topological polar surface area (TPSA) is 101 Å². The molecule has 7 nitrogen and oxygen atoms in total. The van der Waals surface area contributed by atoms with Crippen molar-refractivity contribution in [2.45, 2.75) is 65.5 Å². The Kier molecular flexibility index (Phi) is 8.31. The van der Waals surface area contributed by atoms with Gasteiger partial charge >= 0.3 is 0 Å². The first kappa shape index (κ1) is 25.3. The third kappa shape index (κ3) is 5.58. The van der Waals surface area contributed by atoms with E-state index in [1.165, 1.54) is 25.5 Å². The van der Waals surface area contributed by atoms with Crippen LogP contribution < -0.4 is 21.1 Å². The molecule has 34 heavy (non-hydrogen) atoms. The van der Waals surface area contributed by atoms with Gasteiger partial charge in [0.05, 0.1) is 0 Å². The predicted molar refractivity (Wildman–Crippen MR) is 140 cm³/mol. The number of benzene rings is 1. The van der Waals surface area contributed by atoms with E-state index >= 15 is 0 Å². The summed E-state index contributed by atoms with van der Waals surface area (Å²) >= 11 is 0. The molecular weight excluding hydrogens is 426 g/mol. The van der Waals surface area contributed by atoms with Crippen LogP contribution in [0.25, 0.3) is 5.57 Å². The summed E-state index contributed by atoms with van der Waals surface area (Å²) in [5.41, 5.74) is 6.00. The Morgan fingerprint density at radius 1 is 1.18 bits per heavy atom. The maximum Gasteiger partial charge on any atom is 0.253 e. The van der Waals surface area contributed by atoms with Gasteiger partial charge < -0.3 is 25.9 Å². The fraction of sp³-hybridized carbons (Fsp3) is 0.444. The molecule has 1 heterocycles. The zero-order valence-electron chi connectivity index (χ0n) is 21.0. The predicted octanol–water partition coefficient (Wildman–Crippen LogP) is 4.21. The van der Waals surface area contributed by atoms with Crippen LogP contribution in [-0.4, -0.2) is 37.2 Å². The second-order valence-electron chi connectivity index (χ2n) is 9.23. The molecule has 1 aromatic carbocycles. The van der Waals surface area contributed by atoms with E-state index in [-0.39, 0.29) is 18.0 Å². The van der Waals surface area contributed by atoms with Crippen molar-refractivity contribution in [3.8, 4) is 0 Å². The van der Waals surface area contributed by atoms with Crippen molar-refractivity contribution in [1.29, 1.82) is 5.41 Å². The Labute approximate surface area is 202 Å². The van der Waals surface area contributed by atoms with Crippen LogP contribution in [0.3, 0.4) is 0 Å². The normalized spacial score (nSPS) is 14.6. The highest BCUT2D eigenvalue weighted by Crippen LogP contribution is 2.32. The number of pyridine rings is 1. The lowest BCUT2D eigenvalue weighted by atomic mass is 9.92. The van der Waals surface area contributed by atoms with Gasteiger partial charge in [-0.2, -0.15) is 0 Å². The molecule has 1 amide bonds. The van der Waals surface area contributed by atoms with Gasteiger partial charge in [0.15, 0.2) is 0 Å². The summed E-state index contributed by atoms with van der Waals surface area (Å²) in [5, 5.41) is 13.8. The Balaban J connectivity index is 1.99. The minimum atomic E-state index is -0.231. The smallest absolute Gasteiger partial charge is 0.253 e. The van der Waals surface area contributed by atoms with Crippen molar-refractivity contribution in [2.24, 2.45) is 0 Å². The lowest BCUT2D eigenvalue weighted by Crippen LogP contribution is -2.34. The van der Waals surface area contributed by atoms with Crippen LogP contribution in [0.4, 0.5) is 5.69 Å². The zero-order chi connectivity index (χ0) is 24.8. The van der Waals surface area contributed by atoms with Crippen LogP contribution in [0.15, 0.2) is 29.2 Å². The van der Waals surface area contributed by atoms with Gasteiger partial charge in [0, 0.05) is 67.2 Å². The molecule has 182 valence electrons. The highest BCUT2D eigenvalue weighted by Gasteiger charge is 2.23. The summed E-state index contributed by atoms with van der Waals surface area (Å²) in [4.78, 5) is 30.9. The molecule has 1 aromatic heterocycles. The van der Waals surface area contributed by atoms with Crippen LogP contribution >= 0.6 is 0 Å². The Hall–Kier alpha value is -3.35. The summed E-state index contributed by atoms with van der Waals surface area (Å²) < 4.78 is 0. The van der Waals surface area contributed by atoms with E-state index < -0.39 is 0 Å². The number of aromatic amines is 1. The van der Waals surface area contributed by atoms with Crippen molar-refractivity contribution >= 4 is 23.4 Å². The van der Waals surface area contributed by atoms with E-state index in [4.69, 9.17) is 5.41 Å². The summed E-state index contributed by atoms with van der Waals surface area (Å²) in [6.07, 6.45) is 9.05. The minimum Gasteiger partial charge on any atom is -0.393 e. The average Bonchev–Trinajstić information content (AvgIpc) is 2.82. The van der Waals surface area contributed by atoms with Gasteiger partial charge in [0.2, 0.25) is 0 Å². The number of carbonyl (C=O) groups excluding carboxylic acids is 1. The van der Waals surface area contributed by atoms with Crippen molar-refractivity contribution in [3.63, 3.8) is 0 Å². The lowest BCUT2D eigenvalue weighted by Gasteiger charge is -2.34. The van der Waals surface area contributed by atoms with Crippen LogP contribution in [0.2, 0.25) is 0 Å². The van der Waals surface area contributed by atoms with Crippen molar-refractivity contribution in [2.75, 3.05) is 19.0 Å². The van der Waals surface area contributed by atoms with Gasteiger partial charge in [-0.05, 0) is 68.5 Å². The molecule has 1 aliphatic rings. The first-order valence-electron chi connectivity index (χ1n) is 12.0. The van der Waals surface area contributed by atoms with Crippen LogP contribution in [0.5, 0.6) is 0 Å². The summed E-state index contributed by atoms with van der Waals surface area (Å²) in [6, 6.07) is 6.25. The van der Waals surface area contributed by atoms with Crippen molar-refractivity contribution in [3.05, 3.63) is 68.3 Å². The standard InChI is InChI=1S/C27H37N5O2/c1-17-11-18(2)31-27(34)24(17)16-30-26(33)23-12-20(21(14-28)15-29-4)13-25(19(23)3)32(5)22-9-7-6-8-10-22/h11-15,22,28-29H,6-10,16H2,1-5H3,(H,30,33)(H,31,34)/b21-15+,28-14?. The first-order valence-corrected chi connectivity index (χ1v) is 12.0. The molecule has 1 aliphatic carbocycles. The number of anilines is 1.